The minimum Gasteiger partial charge on any atom is -0.339 e. The van der Waals surface area contributed by atoms with Crippen LogP contribution in [-0.2, 0) is 14.8 Å². The van der Waals surface area contributed by atoms with Crippen LogP contribution in [-0.4, -0.2) is 60.4 Å². The molecule has 0 aliphatic carbocycles. The third kappa shape index (κ3) is 4.44. The first-order chi connectivity index (χ1) is 12.5. The smallest absolute Gasteiger partial charge is 0.243 e. The van der Waals surface area contributed by atoms with Gasteiger partial charge in [-0.25, -0.2) is 8.42 Å². The summed E-state index contributed by atoms with van der Waals surface area (Å²) >= 11 is 1.46. The predicted octanol–water partition coefficient (Wildman–Crippen LogP) is 2.02. The number of benzene rings is 1. The largest absolute Gasteiger partial charge is 0.339 e. The topological polar surface area (TPSA) is 70.6 Å². The molecule has 1 aromatic heterocycles. The lowest BCUT2D eigenvalue weighted by Crippen LogP contribution is -2.50. The number of carbonyl (C=O) groups excluding carboxylic acids is 1. The third-order valence-electron chi connectivity index (χ3n) is 4.26. The highest BCUT2D eigenvalue weighted by Gasteiger charge is 2.29. The van der Waals surface area contributed by atoms with E-state index in [0.717, 1.165) is 10.5 Å². The normalized spacial score (nSPS) is 15.8. The average Bonchev–Trinajstić information content (AvgIpc) is 2.67. The van der Waals surface area contributed by atoms with Gasteiger partial charge in [-0.3, -0.25) is 9.78 Å². The van der Waals surface area contributed by atoms with Crippen molar-refractivity contribution in [1.82, 2.24) is 14.2 Å². The van der Waals surface area contributed by atoms with Crippen LogP contribution < -0.4 is 0 Å². The lowest BCUT2D eigenvalue weighted by Gasteiger charge is -2.34. The number of sulfonamides is 1. The molecule has 138 valence electrons. The van der Waals surface area contributed by atoms with Gasteiger partial charge >= 0.3 is 0 Å². The fourth-order valence-corrected chi connectivity index (χ4v) is 4.92. The summed E-state index contributed by atoms with van der Waals surface area (Å²) in [6, 6.07) is 10.6. The molecule has 26 heavy (non-hydrogen) atoms. The molecule has 2 aromatic rings. The Hall–Kier alpha value is -1.90. The van der Waals surface area contributed by atoms with Crippen molar-refractivity contribution in [2.75, 3.05) is 31.9 Å². The Morgan fingerprint density at radius 1 is 1.04 bits per heavy atom. The Bertz CT molecular complexity index is 847. The second-order valence-electron chi connectivity index (χ2n) is 6.07. The molecule has 1 aliphatic rings. The van der Waals surface area contributed by atoms with Crippen molar-refractivity contribution in [2.24, 2.45) is 0 Å². The minimum atomic E-state index is -3.50. The van der Waals surface area contributed by atoms with E-state index in [9.17, 15) is 13.2 Å². The molecule has 0 unspecified atom stereocenters. The molecule has 1 aliphatic heterocycles. The molecule has 8 heteroatoms. The Balaban J connectivity index is 1.55. The number of rotatable bonds is 5. The van der Waals surface area contributed by atoms with E-state index in [2.05, 4.69) is 4.98 Å². The Labute approximate surface area is 158 Å². The van der Waals surface area contributed by atoms with Gasteiger partial charge in [-0.15, -0.1) is 11.8 Å². The first-order valence-corrected chi connectivity index (χ1v) is 10.8. The molecule has 1 fully saturated rings. The van der Waals surface area contributed by atoms with E-state index in [4.69, 9.17) is 0 Å². The lowest BCUT2D eigenvalue weighted by molar-refractivity contribution is -0.129. The van der Waals surface area contributed by atoms with Crippen LogP contribution in [0.1, 0.15) is 5.56 Å². The summed E-state index contributed by atoms with van der Waals surface area (Å²) in [6.45, 7) is 3.40. The van der Waals surface area contributed by atoms with Crippen molar-refractivity contribution in [3.05, 3.63) is 54.4 Å². The second kappa shape index (κ2) is 8.20. The maximum atomic E-state index is 12.7. The van der Waals surface area contributed by atoms with Gasteiger partial charge in [-0.2, -0.15) is 4.31 Å². The molecule has 1 aromatic carbocycles. The molecule has 0 radical (unpaired) electrons. The number of aromatic nitrogens is 1. The van der Waals surface area contributed by atoms with Gasteiger partial charge in [0.25, 0.3) is 0 Å². The van der Waals surface area contributed by atoms with Crippen LogP contribution in [0.4, 0.5) is 0 Å². The Kier molecular flexibility index (Phi) is 5.95. The Morgan fingerprint density at radius 3 is 2.27 bits per heavy atom. The van der Waals surface area contributed by atoms with Gasteiger partial charge in [-0.1, -0.05) is 17.7 Å². The van der Waals surface area contributed by atoms with Crippen LogP contribution in [0, 0.1) is 6.92 Å². The molecule has 2 heterocycles. The minimum absolute atomic E-state index is 0.0270. The molecular weight excluding hydrogens is 370 g/mol. The fourth-order valence-electron chi connectivity index (χ4n) is 2.71. The van der Waals surface area contributed by atoms with Gasteiger partial charge in [0.1, 0.15) is 0 Å². The molecule has 0 N–H and O–H groups in total. The van der Waals surface area contributed by atoms with Crippen molar-refractivity contribution in [2.45, 2.75) is 16.7 Å². The summed E-state index contributed by atoms with van der Waals surface area (Å²) in [4.78, 5) is 19.3. The molecule has 3 rings (SSSR count). The standard InChI is InChI=1S/C18H21N3O3S2/c1-15-2-4-17(5-3-15)26(23,24)21-12-10-20(11-13-21)18(22)14-25-16-6-8-19-9-7-16/h2-9H,10-14H2,1H3. The SMILES string of the molecule is Cc1ccc(S(=O)(=O)N2CCN(C(=O)CSc3ccncc3)CC2)cc1. The highest BCUT2D eigenvalue weighted by Crippen LogP contribution is 2.20. The van der Waals surface area contributed by atoms with Gasteiger partial charge in [0.2, 0.25) is 15.9 Å². The number of pyridine rings is 1. The van der Waals surface area contributed by atoms with Crippen LogP contribution >= 0.6 is 11.8 Å². The van der Waals surface area contributed by atoms with Crippen molar-refractivity contribution >= 4 is 27.7 Å². The zero-order chi connectivity index (χ0) is 18.6. The molecular formula is C18H21N3O3S2. The summed E-state index contributed by atoms with van der Waals surface area (Å²) < 4.78 is 26.9. The number of hydrogen-bond donors (Lipinski definition) is 0. The van der Waals surface area contributed by atoms with Gasteiger partial charge in [0.15, 0.2) is 0 Å². The Morgan fingerprint density at radius 2 is 1.65 bits per heavy atom. The van der Waals surface area contributed by atoms with Crippen LogP contribution in [0.15, 0.2) is 58.6 Å². The molecule has 1 amide bonds. The number of aryl methyl sites for hydroxylation is 1. The first kappa shape index (κ1) is 18.9. The fraction of sp³-hybridized carbons (Fsp3) is 0.333. The van der Waals surface area contributed by atoms with E-state index in [1.807, 2.05) is 19.1 Å². The van der Waals surface area contributed by atoms with E-state index in [1.165, 1.54) is 16.1 Å². The quantitative estimate of drug-likeness (QED) is 0.729. The number of thioether (sulfide) groups is 1. The molecule has 1 saturated heterocycles. The zero-order valence-electron chi connectivity index (χ0n) is 14.5. The highest BCUT2D eigenvalue weighted by atomic mass is 32.2. The summed E-state index contributed by atoms with van der Waals surface area (Å²) in [5.74, 6) is 0.369. The zero-order valence-corrected chi connectivity index (χ0v) is 16.2. The maximum absolute atomic E-state index is 12.7. The van der Waals surface area contributed by atoms with Gasteiger partial charge in [0.05, 0.1) is 10.6 Å². The maximum Gasteiger partial charge on any atom is 0.243 e. The molecule has 0 atom stereocenters. The van der Waals surface area contributed by atoms with E-state index in [-0.39, 0.29) is 5.91 Å². The third-order valence-corrected chi connectivity index (χ3v) is 7.17. The van der Waals surface area contributed by atoms with E-state index < -0.39 is 10.0 Å². The van der Waals surface area contributed by atoms with Crippen molar-refractivity contribution < 1.29 is 13.2 Å². The lowest BCUT2D eigenvalue weighted by atomic mass is 10.2. The van der Waals surface area contributed by atoms with Crippen molar-refractivity contribution in [3.63, 3.8) is 0 Å². The van der Waals surface area contributed by atoms with Gasteiger partial charge in [0, 0.05) is 43.5 Å². The van der Waals surface area contributed by atoms with Crippen molar-refractivity contribution in [3.8, 4) is 0 Å². The van der Waals surface area contributed by atoms with Crippen LogP contribution in [0.3, 0.4) is 0 Å². The predicted molar refractivity (Wildman–Crippen MR) is 101 cm³/mol. The van der Waals surface area contributed by atoms with Gasteiger partial charge in [-0.05, 0) is 31.2 Å². The second-order valence-corrected chi connectivity index (χ2v) is 9.06. The number of piperazine rings is 1. The molecule has 0 spiro atoms. The monoisotopic (exact) mass is 391 g/mol. The van der Waals surface area contributed by atoms with Crippen LogP contribution in [0.5, 0.6) is 0 Å². The summed E-state index contributed by atoms with van der Waals surface area (Å²) in [6.07, 6.45) is 3.39. The summed E-state index contributed by atoms with van der Waals surface area (Å²) in [5.41, 5.74) is 1.02. The number of amides is 1. The number of nitrogens with zero attached hydrogens (tertiary/aromatic N) is 3. The summed E-state index contributed by atoms with van der Waals surface area (Å²) in [7, 11) is -3.50. The molecule has 6 nitrogen and oxygen atoms in total. The highest BCUT2D eigenvalue weighted by molar-refractivity contribution is 8.00. The molecule has 0 bridgehead atoms. The van der Waals surface area contributed by atoms with E-state index in [0.29, 0.717) is 36.8 Å². The van der Waals surface area contributed by atoms with Crippen molar-refractivity contribution in [1.29, 1.82) is 0 Å². The first-order valence-electron chi connectivity index (χ1n) is 8.34. The average molecular weight is 392 g/mol. The van der Waals surface area contributed by atoms with Crippen LogP contribution in [0.2, 0.25) is 0 Å². The van der Waals surface area contributed by atoms with E-state index in [1.54, 1.807) is 41.6 Å². The van der Waals surface area contributed by atoms with Gasteiger partial charge < -0.3 is 4.90 Å². The van der Waals surface area contributed by atoms with Crippen LogP contribution in [0.25, 0.3) is 0 Å². The molecule has 0 saturated carbocycles. The summed E-state index contributed by atoms with van der Waals surface area (Å²) in [5, 5.41) is 0. The number of hydrogen-bond acceptors (Lipinski definition) is 5. The van der Waals surface area contributed by atoms with E-state index >= 15 is 0 Å². The number of carbonyl (C=O) groups is 1.